The van der Waals surface area contributed by atoms with Crippen LogP contribution in [0.15, 0.2) is 84.0 Å². The molecule has 0 aliphatic heterocycles. The molecule has 0 unspecified atom stereocenters. The highest BCUT2D eigenvalue weighted by atomic mass is 35.5. The van der Waals surface area contributed by atoms with Gasteiger partial charge >= 0.3 is 0 Å². The third-order valence-corrected chi connectivity index (χ3v) is 6.77. The number of carbonyl (C=O) groups is 1. The smallest absolute Gasteiger partial charge is 0.280 e. The van der Waals surface area contributed by atoms with E-state index < -0.39 is 0 Å². The standard InChI is InChI=1S/C25H18Cl2N6O2S/c26-19-11-17(14-32(25(19)35)15-22-28-9-4-10-29-22)20-12-23(30-13-18-7-8-21(27)36-18)33(31-20)24(34)16-5-2-1-3-6-16/h1-12,14,30H,13,15H2. The van der Waals surface area contributed by atoms with Gasteiger partial charge in [0, 0.05) is 40.7 Å². The number of hydrogen-bond acceptors (Lipinski definition) is 7. The fourth-order valence-corrected chi connectivity index (χ4v) is 4.80. The number of carbonyl (C=O) groups excluding carboxylic acids is 1. The average molecular weight is 537 g/mol. The monoisotopic (exact) mass is 536 g/mol. The molecule has 0 aliphatic rings. The third-order valence-electron chi connectivity index (χ3n) is 5.26. The van der Waals surface area contributed by atoms with Crippen molar-refractivity contribution in [1.29, 1.82) is 0 Å². The van der Waals surface area contributed by atoms with E-state index in [9.17, 15) is 9.59 Å². The second-order valence-corrected chi connectivity index (χ2v) is 9.94. The summed E-state index contributed by atoms with van der Waals surface area (Å²) >= 11 is 13.8. The number of thiophene rings is 1. The Bertz CT molecular complexity index is 1580. The van der Waals surface area contributed by atoms with E-state index in [1.807, 2.05) is 18.2 Å². The molecule has 0 amide bonds. The molecule has 5 rings (SSSR count). The predicted molar refractivity (Wildman–Crippen MR) is 141 cm³/mol. The summed E-state index contributed by atoms with van der Waals surface area (Å²) in [7, 11) is 0. The summed E-state index contributed by atoms with van der Waals surface area (Å²) < 4.78 is 3.41. The molecule has 1 N–H and O–H groups in total. The summed E-state index contributed by atoms with van der Waals surface area (Å²) in [6, 6.07) is 17.6. The molecule has 4 aromatic heterocycles. The fourth-order valence-electron chi connectivity index (χ4n) is 3.55. The Hall–Kier alpha value is -3.79. The molecule has 0 aliphatic carbocycles. The zero-order chi connectivity index (χ0) is 25.1. The largest absolute Gasteiger partial charge is 0.365 e. The first-order valence-electron chi connectivity index (χ1n) is 10.8. The Kier molecular flexibility index (Phi) is 6.95. The first kappa shape index (κ1) is 23.9. The Morgan fingerprint density at radius 1 is 1.00 bits per heavy atom. The van der Waals surface area contributed by atoms with E-state index in [0.717, 1.165) is 4.88 Å². The molecule has 0 fully saturated rings. The molecule has 11 heteroatoms. The molecule has 0 saturated heterocycles. The second-order valence-electron chi connectivity index (χ2n) is 7.73. The minimum atomic E-state index is -0.374. The van der Waals surface area contributed by atoms with Crippen molar-refractivity contribution in [3.63, 3.8) is 0 Å². The van der Waals surface area contributed by atoms with Gasteiger partial charge in [0.25, 0.3) is 11.5 Å². The van der Waals surface area contributed by atoms with Crippen molar-refractivity contribution >= 4 is 46.3 Å². The lowest BCUT2D eigenvalue weighted by atomic mass is 10.2. The molecule has 0 bridgehead atoms. The molecule has 0 radical (unpaired) electrons. The van der Waals surface area contributed by atoms with E-state index in [1.54, 1.807) is 55.0 Å². The van der Waals surface area contributed by atoms with Gasteiger partial charge in [-0.05, 0) is 36.4 Å². The average Bonchev–Trinajstić information content (AvgIpc) is 3.52. The van der Waals surface area contributed by atoms with Crippen LogP contribution in [0, 0.1) is 0 Å². The molecule has 1 aromatic carbocycles. The summed E-state index contributed by atoms with van der Waals surface area (Å²) in [5.41, 5.74) is 1.15. The Labute approximate surface area is 219 Å². The second kappa shape index (κ2) is 10.4. The van der Waals surface area contributed by atoms with Gasteiger partial charge in [0.05, 0.1) is 23.1 Å². The van der Waals surface area contributed by atoms with Crippen LogP contribution in [0.25, 0.3) is 11.3 Å². The van der Waals surface area contributed by atoms with Crippen molar-refractivity contribution in [3.8, 4) is 11.3 Å². The molecule has 0 atom stereocenters. The highest BCUT2D eigenvalue weighted by Gasteiger charge is 2.19. The SMILES string of the molecule is O=C(c1ccccc1)n1nc(-c2cc(Cl)c(=O)n(Cc3ncccn3)c2)cc1NCc1ccc(Cl)s1. The van der Waals surface area contributed by atoms with Gasteiger partial charge in [-0.3, -0.25) is 9.59 Å². The van der Waals surface area contributed by atoms with Gasteiger partial charge in [-0.15, -0.1) is 11.3 Å². The van der Waals surface area contributed by atoms with E-state index in [0.29, 0.717) is 39.3 Å². The Balaban J connectivity index is 1.53. The van der Waals surface area contributed by atoms with Gasteiger partial charge in [-0.1, -0.05) is 41.4 Å². The normalized spacial score (nSPS) is 10.9. The van der Waals surface area contributed by atoms with Crippen molar-refractivity contribution in [3.05, 3.63) is 115 Å². The number of hydrogen-bond donors (Lipinski definition) is 1. The van der Waals surface area contributed by atoms with E-state index in [2.05, 4.69) is 20.4 Å². The highest BCUT2D eigenvalue weighted by molar-refractivity contribution is 7.16. The number of halogens is 2. The molecule has 4 heterocycles. The Morgan fingerprint density at radius 3 is 2.50 bits per heavy atom. The van der Waals surface area contributed by atoms with Gasteiger partial charge in [0.15, 0.2) is 0 Å². The first-order chi connectivity index (χ1) is 17.5. The number of nitrogens with zero attached hydrogens (tertiary/aromatic N) is 5. The van der Waals surface area contributed by atoms with Gasteiger partial charge in [0.2, 0.25) is 0 Å². The zero-order valence-corrected chi connectivity index (χ0v) is 21.0. The maximum Gasteiger partial charge on any atom is 0.280 e. The van der Waals surface area contributed by atoms with Crippen LogP contribution in [0.2, 0.25) is 9.36 Å². The number of rotatable bonds is 7. The lowest BCUT2D eigenvalue weighted by Crippen LogP contribution is -2.21. The van der Waals surface area contributed by atoms with Crippen LogP contribution in [0.4, 0.5) is 5.82 Å². The van der Waals surface area contributed by atoms with Crippen LogP contribution < -0.4 is 10.9 Å². The van der Waals surface area contributed by atoms with Crippen molar-refractivity contribution < 1.29 is 4.79 Å². The summed E-state index contributed by atoms with van der Waals surface area (Å²) in [5, 5.41) is 7.87. The van der Waals surface area contributed by atoms with Crippen molar-refractivity contribution in [2.75, 3.05) is 5.32 Å². The van der Waals surface area contributed by atoms with Crippen molar-refractivity contribution in [1.82, 2.24) is 24.3 Å². The predicted octanol–water partition coefficient (Wildman–Crippen LogP) is 5.22. The summed E-state index contributed by atoms with van der Waals surface area (Å²) in [6.07, 6.45) is 4.84. The van der Waals surface area contributed by atoms with Crippen LogP contribution in [0.3, 0.4) is 0 Å². The minimum Gasteiger partial charge on any atom is -0.365 e. The van der Waals surface area contributed by atoms with Crippen LogP contribution >= 0.6 is 34.5 Å². The summed E-state index contributed by atoms with van der Waals surface area (Å²) in [4.78, 5) is 35.3. The Morgan fingerprint density at radius 2 is 1.78 bits per heavy atom. The number of anilines is 1. The quantitative estimate of drug-likeness (QED) is 0.306. The zero-order valence-electron chi connectivity index (χ0n) is 18.6. The van der Waals surface area contributed by atoms with E-state index in [1.165, 1.54) is 26.7 Å². The van der Waals surface area contributed by atoms with Crippen molar-refractivity contribution in [2.24, 2.45) is 0 Å². The first-order valence-corrected chi connectivity index (χ1v) is 12.4. The van der Waals surface area contributed by atoms with Crippen LogP contribution in [0.5, 0.6) is 0 Å². The van der Waals surface area contributed by atoms with Crippen LogP contribution in [0.1, 0.15) is 21.1 Å². The minimum absolute atomic E-state index is 0.0232. The maximum atomic E-state index is 13.3. The van der Waals surface area contributed by atoms with Gasteiger partial charge < -0.3 is 9.88 Å². The number of nitrogens with one attached hydrogen (secondary N) is 1. The van der Waals surface area contributed by atoms with E-state index in [-0.39, 0.29) is 23.0 Å². The third kappa shape index (κ3) is 5.23. The molecular weight excluding hydrogens is 519 g/mol. The van der Waals surface area contributed by atoms with E-state index in [4.69, 9.17) is 23.2 Å². The molecular formula is C25H18Cl2N6O2S. The number of aromatic nitrogens is 5. The molecule has 36 heavy (non-hydrogen) atoms. The van der Waals surface area contributed by atoms with Gasteiger partial charge in [0.1, 0.15) is 16.7 Å². The lowest BCUT2D eigenvalue weighted by Gasteiger charge is -2.08. The molecule has 5 aromatic rings. The van der Waals surface area contributed by atoms with Crippen LogP contribution in [-0.4, -0.2) is 30.2 Å². The maximum absolute atomic E-state index is 13.3. The van der Waals surface area contributed by atoms with Crippen LogP contribution in [-0.2, 0) is 13.1 Å². The lowest BCUT2D eigenvalue weighted by molar-refractivity contribution is 0.0948. The van der Waals surface area contributed by atoms with Gasteiger partial charge in [-0.25, -0.2) is 9.97 Å². The van der Waals surface area contributed by atoms with Gasteiger partial charge in [-0.2, -0.15) is 9.78 Å². The fraction of sp³-hybridized carbons (Fsp3) is 0.0800. The topological polar surface area (TPSA) is 94.7 Å². The number of benzene rings is 1. The molecule has 180 valence electrons. The summed E-state index contributed by atoms with van der Waals surface area (Å²) in [5.74, 6) is 0.656. The number of pyridine rings is 1. The molecule has 8 nitrogen and oxygen atoms in total. The summed E-state index contributed by atoms with van der Waals surface area (Å²) in [6.45, 7) is 0.595. The molecule has 0 saturated carbocycles. The van der Waals surface area contributed by atoms with Crippen molar-refractivity contribution in [2.45, 2.75) is 13.1 Å². The van der Waals surface area contributed by atoms with E-state index >= 15 is 0 Å². The molecule has 0 spiro atoms. The highest BCUT2D eigenvalue weighted by Crippen LogP contribution is 2.26.